The molecule has 0 radical (unpaired) electrons. The lowest BCUT2D eigenvalue weighted by Crippen LogP contribution is -2.31. The van der Waals surface area contributed by atoms with E-state index in [0.717, 1.165) is 0 Å². The Balaban J connectivity index is 1.79. The second kappa shape index (κ2) is 9.36. The van der Waals surface area contributed by atoms with Crippen molar-refractivity contribution in [2.24, 2.45) is 0 Å². The van der Waals surface area contributed by atoms with Gasteiger partial charge in [-0.3, -0.25) is 4.79 Å². The van der Waals surface area contributed by atoms with Crippen LogP contribution in [0.3, 0.4) is 0 Å². The molecule has 0 spiro atoms. The van der Waals surface area contributed by atoms with Crippen LogP contribution < -0.4 is 4.74 Å². The number of halogens is 1. The molecular weight excluding hydrogens is 311 g/mol. The molecule has 1 aromatic carbocycles. The summed E-state index contributed by atoms with van der Waals surface area (Å²) in [7, 11) is 0. The molecule has 0 aliphatic rings. The Labute approximate surface area is 140 Å². The molecule has 126 valence electrons. The van der Waals surface area contributed by atoms with Crippen LogP contribution in [0.4, 0.5) is 4.39 Å². The van der Waals surface area contributed by atoms with E-state index in [0.29, 0.717) is 25.3 Å². The Morgan fingerprint density at radius 2 is 2.12 bits per heavy atom. The fourth-order valence-electron chi connectivity index (χ4n) is 2.19. The molecule has 0 aliphatic heterocycles. The molecule has 0 saturated carbocycles. The van der Waals surface area contributed by atoms with Crippen LogP contribution in [0, 0.1) is 17.1 Å². The number of ether oxygens (including phenoxy) is 1. The Morgan fingerprint density at radius 3 is 2.83 bits per heavy atom. The van der Waals surface area contributed by atoms with Gasteiger partial charge in [-0.05, 0) is 30.7 Å². The van der Waals surface area contributed by atoms with Gasteiger partial charge in [0.1, 0.15) is 5.76 Å². The van der Waals surface area contributed by atoms with Crippen molar-refractivity contribution in [3.63, 3.8) is 0 Å². The first kappa shape index (κ1) is 17.5. The molecule has 1 heterocycles. The average Bonchev–Trinajstić information content (AvgIpc) is 3.09. The van der Waals surface area contributed by atoms with Crippen LogP contribution in [-0.4, -0.2) is 24.0 Å². The minimum Gasteiger partial charge on any atom is -0.491 e. The molecule has 0 N–H and O–H groups in total. The molecule has 0 unspecified atom stereocenters. The third-order valence-electron chi connectivity index (χ3n) is 3.40. The number of nitriles is 1. The summed E-state index contributed by atoms with van der Waals surface area (Å²) < 4.78 is 24.0. The zero-order chi connectivity index (χ0) is 17.2. The van der Waals surface area contributed by atoms with Crippen LogP contribution in [0.1, 0.15) is 25.0 Å². The molecule has 0 atom stereocenters. The normalized spacial score (nSPS) is 10.2. The maximum absolute atomic E-state index is 13.4. The lowest BCUT2D eigenvalue weighted by atomic mass is 10.2. The van der Waals surface area contributed by atoms with Gasteiger partial charge in [0.2, 0.25) is 5.91 Å². The van der Waals surface area contributed by atoms with Crippen LogP contribution in [-0.2, 0) is 11.3 Å². The van der Waals surface area contributed by atoms with Crippen molar-refractivity contribution in [3.05, 3.63) is 54.2 Å². The van der Waals surface area contributed by atoms with E-state index < -0.39 is 5.82 Å². The van der Waals surface area contributed by atoms with Crippen LogP contribution in [0.15, 0.2) is 47.1 Å². The van der Waals surface area contributed by atoms with Gasteiger partial charge in [-0.1, -0.05) is 12.1 Å². The number of carbonyl (C=O) groups is 1. The first-order valence-electron chi connectivity index (χ1n) is 7.75. The fourth-order valence-corrected chi connectivity index (χ4v) is 2.19. The number of amides is 1. The zero-order valence-electron chi connectivity index (χ0n) is 13.3. The van der Waals surface area contributed by atoms with E-state index in [1.54, 1.807) is 41.5 Å². The van der Waals surface area contributed by atoms with Crippen molar-refractivity contribution < 1.29 is 18.3 Å². The van der Waals surface area contributed by atoms with Gasteiger partial charge in [0.15, 0.2) is 11.6 Å². The van der Waals surface area contributed by atoms with Crippen LogP contribution in [0.5, 0.6) is 5.75 Å². The van der Waals surface area contributed by atoms with Crippen LogP contribution in [0.2, 0.25) is 0 Å². The van der Waals surface area contributed by atoms with Crippen molar-refractivity contribution >= 4 is 5.91 Å². The van der Waals surface area contributed by atoms with Gasteiger partial charge in [-0.15, -0.1) is 0 Å². The highest BCUT2D eigenvalue weighted by atomic mass is 19.1. The average molecular weight is 330 g/mol. The number of hydrogen-bond donors (Lipinski definition) is 0. The molecule has 1 amide bonds. The topological polar surface area (TPSA) is 66.5 Å². The Bertz CT molecular complexity index is 680. The third-order valence-corrected chi connectivity index (χ3v) is 3.40. The number of benzene rings is 1. The molecule has 24 heavy (non-hydrogen) atoms. The van der Waals surface area contributed by atoms with Gasteiger partial charge in [-0.2, -0.15) is 5.26 Å². The maximum atomic E-state index is 13.4. The second-order valence-corrected chi connectivity index (χ2v) is 5.19. The predicted octanol–water partition coefficient (Wildman–Crippen LogP) is 3.52. The van der Waals surface area contributed by atoms with Gasteiger partial charge >= 0.3 is 0 Å². The molecule has 0 fully saturated rings. The summed E-state index contributed by atoms with van der Waals surface area (Å²) >= 11 is 0. The number of carbonyl (C=O) groups excluding carboxylic acids is 1. The van der Waals surface area contributed by atoms with Gasteiger partial charge in [0, 0.05) is 13.0 Å². The van der Waals surface area contributed by atoms with E-state index >= 15 is 0 Å². The van der Waals surface area contributed by atoms with Gasteiger partial charge in [0.25, 0.3) is 0 Å². The SMILES string of the molecule is N#CCCN(Cc1ccco1)C(=O)CCCOc1ccccc1F. The third kappa shape index (κ3) is 5.43. The van der Waals surface area contributed by atoms with Gasteiger partial charge in [0.05, 0.1) is 31.9 Å². The first-order valence-corrected chi connectivity index (χ1v) is 7.75. The van der Waals surface area contributed by atoms with Crippen molar-refractivity contribution in [2.45, 2.75) is 25.8 Å². The second-order valence-electron chi connectivity index (χ2n) is 5.19. The molecule has 2 rings (SSSR count). The molecule has 5 nitrogen and oxygen atoms in total. The first-order chi connectivity index (χ1) is 11.7. The largest absolute Gasteiger partial charge is 0.491 e. The molecular formula is C18H19FN2O3. The quantitative estimate of drug-likeness (QED) is 0.660. The molecule has 6 heteroatoms. The number of furan rings is 1. The van der Waals surface area contributed by atoms with E-state index in [9.17, 15) is 9.18 Å². The molecule has 0 saturated heterocycles. The van der Waals surface area contributed by atoms with Gasteiger partial charge in [-0.25, -0.2) is 4.39 Å². The van der Waals surface area contributed by atoms with Gasteiger partial charge < -0.3 is 14.1 Å². The van der Waals surface area contributed by atoms with Crippen molar-refractivity contribution in [1.82, 2.24) is 4.90 Å². The smallest absolute Gasteiger partial charge is 0.223 e. The molecule has 0 bridgehead atoms. The number of hydrogen-bond acceptors (Lipinski definition) is 4. The van der Waals surface area contributed by atoms with E-state index in [-0.39, 0.29) is 31.1 Å². The van der Waals surface area contributed by atoms with Crippen molar-refractivity contribution in [2.75, 3.05) is 13.2 Å². The number of nitrogens with zero attached hydrogens (tertiary/aromatic N) is 2. The molecule has 0 aliphatic carbocycles. The monoisotopic (exact) mass is 330 g/mol. The Morgan fingerprint density at radius 1 is 1.29 bits per heavy atom. The van der Waals surface area contributed by atoms with Crippen LogP contribution >= 0.6 is 0 Å². The highest BCUT2D eigenvalue weighted by Gasteiger charge is 2.15. The van der Waals surface area contributed by atoms with E-state index in [1.165, 1.54) is 6.07 Å². The summed E-state index contributed by atoms with van der Waals surface area (Å²) in [6, 6.07) is 11.7. The Hall–Kier alpha value is -2.81. The standard InChI is InChI=1S/C18H19FN2O3/c19-16-7-1-2-8-17(16)24-13-4-9-18(22)21(11-5-10-20)14-15-6-3-12-23-15/h1-3,6-8,12H,4-5,9,11,13-14H2. The maximum Gasteiger partial charge on any atom is 0.223 e. The number of para-hydroxylation sites is 1. The minimum atomic E-state index is -0.419. The summed E-state index contributed by atoms with van der Waals surface area (Å²) in [5.41, 5.74) is 0. The molecule has 2 aromatic rings. The highest BCUT2D eigenvalue weighted by Crippen LogP contribution is 2.16. The zero-order valence-corrected chi connectivity index (χ0v) is 13.3. The van der Waals surface area contributed by atoms with Crippen molar-refractivity contribution in [1.29, 1.82) is 5.26 Å². The molecule has 1 aromatic heterocycles. The summed E-state index contributed by atoms with van der Waals surface area (Å²) in [6.45, 7) is 0.936. The van der Waals surface area contributed by atoms with E-state index in [2.05, 4.69) is 0 Å². The van der Waals surface area contributed by atoms with E-state index in [4.69, 9.17) is 14.4 Å². The number of rotatable bonds is 9. The summed E-state index contributed by atoms with van der Waals surface area (Å²) in [5.74, 6) is 0.349. The van der Waals surface area contributed by atoms with E-state index in [1.807, 2.05) is 6.07 Å². The Kier molecular flexibility index (Phi) is 6.84. The summed E-state index contributed by atoms with van der Waals surface area (Å²) in [6.07, 6.45) is 2.54. The van der Waals surface area contributed by atoms with Crippen molar-refractivity contribution in [3.8, 4) is 11.8 Å². The summed E-state index contributed by atoms with van der Waals surface area (Å²) in [4.78, 5) is 13.9. The minimum absolute atomic E-state index is 0.0845. The highest BCUT2D eigenvalue weighted by molar-refractivity contribution is 5.76. The lowest BCUT2D eigenvalue weighted by molar-refractivity contribution is -0.132. The fraction of sp³-hybridized carbons (Fsp3) is 0.333. The lowest BCUT2D eigenvalue weighted by Gasteiger charge is -2.20. The summed E-state index contributed by atoms with van der Waals surface area (Å²) in [5, 5.41) is 8.72. The predicted molar refractivity (Wildman–Crippen MR) is 85.5 cm³/mol. The van der Waals surface area contributed by atoms with Crippen LogP contribution in [0.25, 0.3) is 0 Å².